The summed E-state index contributed by atoms with van der Waals surface area (Å²) in [5, 5.41) is 10.9. The summed E-state index contributed by atoms with van der Waals surface area (Å²) in [4.78, 5) is 23.1. The first kappa shape index (κ1) is 20.0. The van der Waals surface area contributed by atoms with Crippen LogP contribution in [0.2, 0.25) is 0 Å². The zero-order valence-electron chi connectivity index (χ0n) is 13.7. The third-order valence-corrected chi connectivity index (χ3v) is 3.76. The second-order valence-corrected chi connectivity index (χ2v) is 6.41. The molecule has 0 aliphatic carbocycles. The molecular weight excluding hydrogens is 323 g/mol. The summed E-state index contributed by atoms with van der Waals surface area (Å²) >= 11 is 0. The number of carboxylic acid groups (broad SMARTS) is 1. The number of alkyl halides is 3. The highest BCUT2D eigenvalue weighted by atomic mass is 19.4. The monoisotopic (exact) mass is 345 g/mol. The number of halogens is 3. The van der Waals surface area contributed by atoms with E-state index in [1.807, 2.05) is 35.6 Å². The number of hydrogen-bond donors (Lipinski definition) is 2. The van der Waals surface area contributed by atoms with Gasteiger partial charge in [-0.2, -0.15) is 13.2 Å². The Balaban J connectivity index is 2.57. The SMILES string of the molecule is CC(C)(CCCc1ccccc1)C(=O)NC(CC(F)(F)F)C(=O)O. The van der Waals surface area contributed by atoms with E-state index in [9.17, 15) is 22.8 Å². The molecule has 1 aromatic rings. The van der Waals surface area contributed by atoms with Crippen molar-refractivity contribution in [3.63, 3.8) is 0 Å². The minimum absolute atomic E-state index is 0.437. The van der Waals surface area contributed by atoms with Crippen LogP contribution in [0.3, 0.4) is 0 Å². The van der Waals surface area contributed by atoms with Gasteiger partial charge in [0, 0.05) is 5.41 Å². The molecule has 0 aromatic heterocycles. The first-order valence-corrected chi connectivity index (χ1v) is 7.66. The number of carboxylic acids is 1. The van der Waals surface area contributed by atoms with Crippen LogP contribution >= 0.6 is 0 Å². The van der Waals surface area contributed by atoms with Crippen molar-refractivity contribution in [3.05, 3.63) is 35.9 Å². The molecule has 0 aliphatic rings. The molecule has 0 aliphatic heterocycles. The van der Waals surface area contributed by atoms with Gasteiger partial charge in [0.1, 0.15) is 6.04 Å². The minimum Gasteiger partial charge on any atom is -0.480 e. The molecular formula is C17H22F3NO3. The molecule has 1 rings (SSSR count). The van der Waals surface area contributed by atoms with E-state index in [0.29, 0.717) is 12.8 Å². The number of aliphatic carboxylic acids is 1. The van der Waals surface area contributed by atoms with E-state index in [-0.39, 0.29) is 0 Å². The predicted octanol–water partition coefficient (Wildman–Crippen LogP) is 3.56. The molecule has 1 atom stereocenters. The molecule has 1 unspecified atom stereocenters. The fraction of sp³-hybridized carbons (Fsp3) is 0.529. The molecule has 0 saturated heterocycles. The number of carbonyl (C=O) groups is 2. The number of nitrogens with one attached hydrogen (secondary N) is 1. The van der Waals surface area contributed by atoms with E-state index in [1.54, 1.807) is 13.8 Å². The molecule has 1 amide bonds. The van der Waals surface area contributed by atoms with Crippen molar-refractivity contribution >= 4 is 11.9 Å². The van der Waals surface area contributed by atoms with Gasteiger partial charge < -0.3 is 10.4 Å². The Morgan fingerprint density at radius 1 is 1.17 bits per heavy atom. The Morgan fingerprint density at radius 2 is 1.75 bits per heavy atom. The van der Waals surface area contributed by atoms with Gasteiger partial charge in [-0.1, -0.05) is 44.2 Å². The Hall–Kier alpha value is -2.05. The highest BCUT2D eigenvalue weighted by molar-refractivity contribution is 5.86. The van der Waals surface area contributed by atoms with Gasteiger partial charge in [0.2, 0.25) is 5.91 Å². The lowest BCUT2D eigenvalue weighted by molar-refractivity contribution is -0.161. The molecule has 0 bridgehead atoms. The molecule has 7 heteroatoms. The summed E-state index contributed by atoms with van der Waals surface area (Å²) in [5.41, 5.74) is 0.155. The van der Waals surface area contributed by atoms with Gasteiger partial charge in [-0.05, 0) is 24.8 Å². The van der Waals surface area contributed by atoms with Gasteiger partial charge in [0.15, 0.2) is 0 Å². The molecule has 0 saturated carbocycles. The lowest BCUT2D eigenvalue weighted by Gasteiger charge is -2.26. The van der Waals surface area contributed by atoms with Crippen LogP contribution in [0.15, 0.2) is 30.3 Å². The number of hydrogen-bond acceptors (Lipinski definition) is 2. The van der Waals surface area contributed by atoms with Crippen molar-refractivity contribution in [3.8, 4) is 0 Å². The number of amides is 1. The molecule has 0 radical (unpaired) electrons. The molecule has 1 aromatic carbocycles. The third-order valence-electron chi connectivity index (χ3n) is 3.76. The summed E-state index contributed by atoms with van der Waals surface area (Å²) in [7, 11) is 0. The topological polar surface area (TPSA) is 66.4 Å². The number of rotatable bonds is 8. The van der Waals surface area contributed by atoms with E-state index in [0.717, 1.165) is 12.0 Å². The maximum Gasteiger partial charge on any atom is 0.391 e. The van der Waals surface area contributed by atoms with Gasteiger partial charge in [-0.25, -0.2) is 4.79 Å². The largest absolute Gasteiger partial charge is 0.480 e. The van der Waals surface area contributed by atoms with Gasteiger partial charge in [0.25, 0.3) is 0 Å². The summed E-state index contributed by atoms with van der Waals surface area (Å²) in [6.07, 6.45) is -4.40. The smallest absolute Gasteiger partial charge is 0.391 e. The van der Waals surface area contributed by atoms with Crippen LogP contribution in [0.5, 0.6) is 0 Å². The van der Waals surface area contributed by atoms with E-state index in [2.05, 4.69) is 0 Å². The second-order valence-electron chi connectivity index (χ2n) is 6.41. The van der Waals surface area contributed by atoms with Crippen LogP contribution in [0, 0.1) is 5.41 Å². The normalized spacial score (nSPS) is 13.4. The van der Waals surface area contributed by atoms with Crippen LogP contribution in [0.25, 0.3) is 0 Å². The van der Waals surface area contributed by atoms with Gasteiger partial charge >= 0.3 is 12.1 Å². The number of benzene rings is 1. The van der Waals surface area contributed by atoms with Crippen molar-refractivity contribution < 1.29 is 27.9 Å². The van der Waals surface area contributed by atoms with Crippen LogP contribution in [-0.2, 0) is 16.0 Å². The van der Waals surface area contributed by atoms with Gasteiger partial charge in [-0.3, -0.25) is 4.79 Å². The van der Waals surface area contributed by atoms with Crippen molar-refractivity contribution in [1.29, 1.82) is 0 Å². The first-order chi connectivity index (χ1) is 11.0. The summed E-state index contributed by atoms with van der Waals surface area (Å²) in [6, 6.07) is 7.65. The molecule has 0 fully saturated rings. The van der Waals surface area contributed by atoms with E-state index < -0.39 is 35.9 Å². The van der Waals surface area contributed by atoms with Gasteiger partial charge in [-0.15, -0.1) is 0 Å². The Bertz CT molecular complexity index is 556. The van der Waals surface area contributed by atoms with Crippen LogP contribution in [-0.4, -0.2) is 29.2 Å². The summed E-state index contributed by atoms with van der Waals surface area (Å²) < 4.78 is 37.2. The third kappa shape index (κ3) is 7.02. The molecule has 134 valence electrons. The maximum absolute atomic E-state index is 12.4. The van der Waals surface area contributed by atoms with Gasteiger partial charge in [0.05, 0.1) is 6.42 Å². The van der Waals surface area contributed by atoms with Crippen molar-refractivity contribution in [2.24, 2.45) is 5.41 Å². The van der Waals surface area contributed by atoms with Crippen LogP contribution in [0.4, 0.5) is 13.2 Å². The van der Waals surface area contributed by atoms with E-state index in [4.69, 9.17) is 5.11 Å². The van der Waals surface area contributed by atoms with E-state index >= 15 is 0 Å². The highest BCUT2D eigenvalue weighted by Crippen LogP contribution is 2.26. The average Bonchev–Trinajstić information content (AvgIpc) is 2.45. The molecule has 24 heavy (non-hydrogen) atoms. The Kier molecular flexibility index (Phi) is 6.81. The number of carbonyl (C=O) groups excluding carboxylic acids is 1. The maximum atomic E-state index is 12.4. The minimum atomic E-state index is -4.66. The van der Waals surface area contributed by atoms with Crippen molar-refractivity contribution in [1.82, 2.24) is 5.32 Å². The quantitative estimate of drug-likeness (QED) is 0.757. The van der Waals surface area contributed by atoms with Crippen molar-refractivity contribution in [2.75, 3.05) is 0 Å². The highest BCUT2D eigenvalue weighted by Gasteiger charge is 2.38. The lowest BCUT2D eigenvalue weighted by atomic mass is 9.85. The average molecular weight is 345 g/mol. The summed E-state index contributed by atoms with van der Waals surface area (Å²) in [6.45, 7) is 3.19. The Morgan fingerprint density at radius 3 is 2.25 bits per heavy atom. The van der Waals surface area contributed by atoms with Crippen LogP contribution < -0.4 is 5.32 Å². The molecule has 0 heterocycles. The lowest BCUT2D eigenvalue weighted by Crippen LogP contribution is -2.48. The standard InChI is InChI=1S/C17H22F3NO3/c1-16(2,10-6-9-12-7-4-3-5-8-12)15(24)21-13(14(22)23)11-17(18,19)20/h3-5,7-8,13H,6,9-11H2,1-2H3,(H,21,24)(H,22,23). The first-order valence-electron chi connectivity index (χ1n) is 7.66. The Labute approximate surface area is 139 Å². The zero-order chi connectivity index (χ0) is 18.4. The van der Waals surface area contributed by atoms with E-state index in [1.165, 1.54) is 0 Å². The zero-order valence-corrected chi connectivity index (χ0v) is 13.7. The van der Waals surface area contributed by atoms with Crippen LogP contribution in [0.1, 0.15) is 38.7 Å². The number of aryl methyl sites for hydroxylation is 1. The fourth-order valence-corrected chi connectivity index (χ4v) is 2.28. The predicted molar refractivity (Wildman–Crippen MR) is 83.4 cm³/mol. The molecule has 4 nitrogen and oxygen atoms in total. The molecule has 2 N–H and O–H groups in total. The van der Waals surface area contributed by atoms with Crippen molar-refractivity contribution in [2.45, 2.75) is 51.7 Å². The molecule has 0 spiro atoms. The fourth-order valence-electron chi connectivity index (χ4n) is 2.28. The summed E-state index contributed by atoms with van der Waals surface area (Å²) in [5.74, 6) is -2.38. The second kappa shape index (κ2) is 8.17.